The predicted molar refractivity (Wildman–Crippen MR) is 167 cm³/mol. The lowest BCUT2D eigenvalue weighted by molar-refractivity contribution is -0.118. The lowest BCUT2D eigenvalue weighted by Crippen LogP contribution is -2.20. The highest BCUT2D eigenvalue weighted by atomic mass is 35.5. The molecule has 4 rings (SSSR count). The number of carbonyl (C=O) groups is 2. The largest absolute Gasteiger partial charge is 0.490 e. The van der Waals surface area contributed by atoms with Gasteiger partial charge in [0.15, 0.2) is 29.6 Å². The first-order valence-corrected chi connectivity index (χ1v) is 14.2. The monoisotopic (exact) mass is 619 g/mol. The maximum absolute atomic E-state index is 13.1. The van der Waals surface area contributed by atoms with Gasteiger partial charge in [0.05, 0.1) is 24.5 Å². The Bertz CT molecular complexity index is 1600. The number of nitrogens with one attached hydrogen (secondary N) is 2. The Morgan fingerprint density at radius 3 is 2.30 bits per heavy atom. The van der Waals surface area contributed by atoms with Crippen LogP contribution in [0.4, 0.5) is 10.1 Å². The number of nitrogens with zero attached hydrogens (tertiary/aromatic N) is 1. The molecule has 0 aliphatic carbocycles. The van der Waals surface area contributed by atoms with Crippen molar-refractivity contribution in [2.24, 2.45) is 5.10 Å². The van der Waals surface area contributed by atoms with E-state index in [1.165, 1.54) is 30.5 Å². The summed E-state index contributed by atoms with van der Waals surface area (Å²) in [6.07, 6.45) is 1.40. The van der Waals surface area contributed by atoms with E-state index in [0.29, 0.717) is 48.1 Å². The summed E-state index contributed by atoms with van der Waals surface area (Å²) in [4.78, 5) is 25.1. The Kier molecular flexibility index (Phi) is 11.5. The molecule has 2 N–H and O–H groups in total. The molecule has 0 radical (unpaired) electrons. The van der Waals surface area contributed by atoms with Crippen molar-refractivity contribution >= 4 is 35.3 Å². The lowest BCUT2D eigenvalue weighted by atomic mass is 10.2. The molecule has 11 heteroatoms. The van der Waals surface area contributed by atoms with Gasteiger partial charge in [-0.15, -0.1) is 0 Å². The van der Waals surface area contributed by atoms with E-state index in [2.05, 4.69) is 15.8 Å². The van der Waals surface area contributed by atoms with Gasteiger partial charge in [-0.05, 0) is 79.6 Å². The minimum Gasteiger partial charge on any atom is -0.490 e. The highest BCUT2D eigenvalue weighted by Gasteiger charge is 2.15. The summed E-state index contributed by atoms with van der Waals surface area (Å²) in [6.45, 7) is 4.33. The highest BCUT2D eigenvalue weighted by Crippen LogP contribution is 2.36. The average molecular weight is 620 g/mol. The van der Waals surface area contributed by atoms with Gasteiger partial charge in [0.2, 0.25) is 0 Å². The van der Waals surface area contributed by atoms with Gasteiger partial charge in [0.25, 0.3) is 11.8 Å². The van der Waals surface area contributed by atoms with Crippen LogP contribution in [0.1, 0.15) is 35.3 Å². The van der Waals surface area contributed by atoms with Gasteiger partial charge < -0.3 is 24.3 Å². The van der Waals surface area contributed by atoms with Crippen molar-refractivity contribution in [3.8, 4) is 23.0 Å². The van der Waals surface area contributed by atoms with Crippen molar-refractivity contribution in [2.45, 2.75) is 20.5 Å². The molecule has 9 nitrogen and oxygen atoms in total. The third-order valence-corrected chi connectivity index (χ3v) is 6.21. The number of hydrogen-bond donors (Lipinski definition) is 2. The quantitative estimate of drug-likeness (QED) is 0.121. The molecule has 0 atom stereocenters. The number of rotatable bonds is 14. The second kappa shape index (κ2) is 15.9. The van der Waals surface area contributed by atoms with Gasteiger partial charge in [-0.3, -0.25) is 9.59 Å². The zero-order chi connectivity index (χ0) is 31.3. The van der Waals surface area contributed by atoms with Crippen LogP contribution < -0.4 is 29.7 Å². The molecule has 4 aromatic rings. The summed E-state index contributed by atoms with van der Waals surface area (Å²) in [5.74, 6) is 0.0769. The first-order valence-electron chi connectivity index (χ1n) is 13.8. The van der Waals surface area contributed by atoms with E-state index in [1.54, 1.807) is 37.3 Å². The second-order valence-electron chi connectivity index (χ2n) is 9.17. The third kappa shape index (κ3) is 9.20. The standard InChI is InChI=1S/C33H31ClFN3O6/c1-3-41-29-18-24(10-15-28(29)43-20-22-8-6-5-7-9-22)33(40)38-36-19-23-16-27(34)32(30(17-23)42-4-2)44-21-31(39)37-26-13-11-25(35)12-14-26/h5-19H,3-4,20-21H2,1-2H3,(H,37,39)(H,38,40)/b36-19+. The van der Waals surface area contributed by atoms with Crippen LogP contribution in [0.5, 0.6) is 23.0 Å². The summed E-state index contributed by atoms with van der Waals surface area (Å²) >= 11 is 6.44. The van der Waals surface area contributed by atoms with Gasteiger partial charge in [-0.25, -0.2) is 9.82 Å². The van der Waals surface area contributed by atoms with Gasteiger partial charge in [0, 0.05) is 11.3 Å². The van der Waals surface area contributed by atoms with Crippen molar-refractivity contribution in [2.75, 3.05) is 25.1 Å². The van der Waals surface area contributed by atoms with Crippen LogP contribution in [0, 0.1) is 5.82 Å². The normalized spacial score (nSPS) is 10.7. The topological polar surface area (TPSA) is 107 Å². The smallest absolute Gasteiger partial charge is 0.271 e. The molecule has 0 aliphatic heterocycles. The van der Waals surface area contributed by atoms with Crippen LogP contribution in [0.2, 0.25) is 5.02 Å². The van der Waals surface area contributed by atoms with Crippen LogP contribution in [-0.2, 0) is 11.4 Å². The van der Waals surface area contributed by atoms with E-state index in [9.17, 15) is 14.0 Å². The molecule has 0 aromatic heterocycles. The zero-order valence-corrected chi connectivity index (χ0v) is 24.9. The number of hydrazone groups is 1. The van der Waals surface area contributed by atoms with Gasteiger partial charge in [-0.2, -0.15) is 5.10 Å². The first-order chi connectivity index (χ1) is 21.4. The summed E-state index contributed by atoms with van der Waals surface area (Å²) in [6, 6.07) is 23.1. The maximum Gasteiger partial charge on any atom is 0.271 e. The molecule has 0 spiro atoms. The fourth-order valence-corrected chi connectivity index (χ4v) is 4.21. The Balaban J connectivity index is 1.38. The van der Waals surface area contributed by atoms with E-state index >= 15 is 0 Å². The van der Waals surface area contributed by atoms with Gasteiger partial charge >= 0.3 is 0 Å². The minimum atomic E-state index is -0.466. The van der Waals surface area contributed by atoms with E-state index in [0.717, 1.165) is 5.56 Å². The molecule has 4 aromatic carbocycles. The molecule has 0 fully saturated rings. The Hall–Kier alpha value is -5.09. The van der Waals surface area contributed by atoms with E-state index in [4.69, 9.17) is 30.5 Å². The molecule has 44 heavy (non-hydrogen) atoms. The predicted octanol–water partition coefficient (Wildman–Crippen LogP) is 6.64. The molecule has 0 saturated heterocycles. The van der Waals surface area contributed by atoms with Crippen LogP contribution in [0.3, 0.4) is 0 Å². The molecular weight excluding hydrogens is 589 g/mol. The number of ether oxygens (including phenoxy) is 4. The SMILES string of the molecule is CCOc1cc(C(=O)N/N=C/c2cc(Cl)c(OCC(=O)Nc3ccc(F)cc3)c(OCC)c2)ccc1OCc1ccccc1. The van der Waals surface area contributed by atoms with E-state index in [-0.39, 0.29) is 23.1 Å². The Morgan fingerprint density at radius 1 is 0.841 bits per heavy atom. The molecular formula is C33H31ClFN3O6. The van der Waals surface area contributed by atoms with Crippen molar-refractivity contribution in [3.63, 3.8) is 0 Å². The third-order valence-electron chi connectivity index (χ3n) is 5.93. The van der Waals surface area contributed by atoms with Crippen LogP contribution in [0.15, 0.2) is 90.0 Å². The number of carbonyl (C=O) groups excluding carboxylic acids is 2. The molecule has 2 amide bonds. The number of amides is 2. The van der Waals surface area contributed by atoms with Crippen LogP contribution in [0.25, 0.3) is 0 Å². The Labute approximate surface area is 259 Å². The molecule has 0 aliphatic rings. The summed E-state index contributed by atoms with van der Waals surface area (Å²) in [5.41, 5.74) is 4.76. The average Bonchev–Trinajstić information content (AvgIpc) is 3.02. The fourth-order valence-electron chi connectivity index (χ4n) is 3.94. The summed E-state index contributed by atoms with van der Waals surface area (Å²) in [5, 5.41) is 6.83. The van der Waals surface area contributed by atoms with Gasteiger partial charge in [-0.1, -0.05) is 41.9 Å². The van der Waals surface area contributed by atoms with E-state index < -0.39 is 17.6 Å². The zero-order valence-electron chi connectivity index (χ0n) is 24.1. The number of halogens is 2. The number of anilines is 1. The summed E-state index contributed by atoms with van der Waals surface area (Å²) < 4.78 is 36.0. The molecule has 0 unspecified atom stereocenters. The molecule has 0 heterocycles. The van der Waals surface area contributed by atoms with Crippen molar-refractivity contribution in [1.82, 2.24) is 5.43 Å². The van der Waals surface area contributed by atoms with Crippen LogP contribution in [-0.4, -0.2) is 37.8 Å². The van der Waals surface area contributed by atoms with Crippen molar-refractivity contribution in [3.05, 3.63) is 112 Å². The van der Waals surface area contributed by atoms with E-state index in [1.807, 2.05) is 37.3 Å². The maximum atomic E-state index is 13.1. The lowest BCUT2D eigenvalue weighted by Gasteiger charge is -2.14. The second-order valence-corrected chi connectivity index (χ2v) is 9.58. The van der Waals surface area contributed by atoms with Gasteiger partial charge in [0.1, 0.15) is 12.4 Å². The summed E-state index contributed by atoms with van der Waals surface area (Å²) in [7, 11) is 0. The first kappa shape index (κ1) is 31.8. The van der Waals surface area contributed by atoms with Crippen molar-refractivity contribution < 1.29 is 32.9 Å². The minimum absolute atomic E-state index is 0.169. The highest BCUT2D eigenvalue weighted by molar-refractivity contribution is 6.32. The number of hydrogen-bond acceptors (Lipinski definition) is 7. The van der Waals surface area contributed by atoms with Crippen LogP contribution >= 0.6 is 11.6 Å². The molecule has 0 saturated carbocycles. The Morgan fingerprint density at radius 2 is 1.57 bits per heavy atom. The molecule has 228 valence electrons. The van der Waals surface area contributed by atoms with Crippen molar-refractivity contribution in [1.29, 1.82) is 0 Å². The number of benzene rings is 4. The fraction of sp³-hybridized carbons (Fsp3) is 0.182. The molecule has 0 bridgehead atoms.